The number of aliphatic imine (C=N–C) groups is 1. The van der Waals surface area contributed by atoms with Gasteiger partial charge < -0.3 is 10.0 Å². The number of aliphatic hydroxyl groups is 1. The molecule has 0 bridgehead atoms. The van der Waals surface area contributed by atoms with Crippen molar-refractivity contribution in [3.05, 3.63) is 24.1 Å². The van der Waals surface area contributed by atoms with E-state index in [0.717, 1.165) is 10.8 Å². The average molecular weight is 152 g/mol. The molecule has 0 aromatic heterocycles. The quantitative estimate of drug-likeness (QED) is 0.468. The Labute approximate surface area is 63.7 Å². The van der Waals surface area contributed by atoms with Crippen molar-refractivity contribution in [1.29, 1.82) is 0 Å². The molecule has 0 aliphatic carbocycles. The van der Waals surface area contributed by atoms with E-state index in [0.29, 0.717) is 6.54 Å². The summed E-state index contributed by atoms with van der Waals surface area (Å²) in [6.07, 6.45) is 4.87. The summed E-state index contributed by atoms with van der Waals surface area (Å²) in [4.78, 5) is 5.83. The number of rotatable bonds is 0. The summed E-state index contributed by atoms with van der Waals surface area (Å²) < 4.78 is 0. The molecule has 0 saturated carbocycles. The van der Waals surface area contributed by atoms with Crippen molar-refractivity contribution in [3.8, 4) is 0 Å². The van der Waals surface area contributed by atoms with Gasteiger partial charge in [0.25, 0.3) is 0 Å². The molecule has 58 valence electrons. The molecule has 0 saturated heterocycles. The molecule has 0 aromatic carbocycles. The van der Waals surface area contributed by atoms with Crippen molar-refractivity contribution >= 4 is 6.21 Å². The van der Waals surface area contributed by atoms with E-state index in [-0.39, 0.29) is 5.88 Å². The molecule has 0 radical (unpaired) electrons. The minimum absolute atomic E-state index is 0.0271. The van der Waals surface area contributed by atoms with Gasteiger partial charge >= 0.3 is 0 Å². The van der Waals surface area contributed by atoms with Gasteiger partial charge in [-0.15, -0.1) is 0 Å². The summed E-state index contributed by atoms with van der Waals surface area (Å²) in [5.74, 6) is 6.15. The topological polar surface area (TPSA) is 65.1 Å². The Hall–Kier alpha value is -1.49. The molecule has 0 atom stereocenters. The second-order valence-electron chi connectivity index (χ2n) is 2.35. The summed E-state index contributed by atoms with van der Waals surface area (Å²) >= 11 is 0. The lowest BCUT2D eigenvalue weighted by atomic mass is 10.5. The normalized spacial score (nSPS) is 21.5. The molecule has 0 fully saturated rings. The van der Waals surface area contributed by atoms with Crippen molar-refractivity contribution in [2.24, 2.45) is 10.8 Å². The van der Waals surface area contributed by atoms with Crippen molar-refractivity contribution < 1.29 is 5.11 Å². The van der Waals surface area contributed by atoms with Crippen LogP contribution >= 0.6 is 0 Å². The number of hydrogen-bond donors (Lipinski definition) is 2. The molecule has 0 unspecified atom stereocenters. The third-order valence-electron chi connectivity index (χ3n) is 1.59. The number of hydrazine groups is 1. The number of nitrogens with two attached hydrogens (primary N) is 1. The lowest BCUT2D eigenvalue weighted by Crippen LogP contribution is -2.31. The third-order valence-corrected chi connectivity index (χ3v) is 1.59. The highest BCUT2D eigenvalue weighted by Crippen LogP contribution is 2.18. The fraction of sp³-hybridized carbons (Fsp3) is 0.167. The van der Waals surface area contributed by atoms with Gasteiger partial charge in [0.15, 0.2) is 5.82 Å². The molecule has 5 nitrogen and oxygen atoms in total. The lowest BCUT2D eigenvalue weighted by molar-refractivity contribution is 0.230. The fourth-order valence-corrected chi connectivity index (χ4v) is 1.01. The highest BCUT2D eigenvalue weighted by Gasteiger charge is 2.18. The summed E-state index contributed by atoms with van der Waals surface area (Å²) in [6, 6.07) is 0. The second-order valence-corrected chi connectivity index (χ2v) is 2.35. The first kappa shape index (κ1) is 6.23. The molecule has 11 heavy (non-hydrogen) atoms. The number of nitrogens with zero attached hydrogens (tertiary/aromatic N) is 3. The van der Waals surface area contributed by atoms with Crippen LogP contribution in [0.1, 0.15) is 0 Å². The van der Waals surface area contributed by atoms with Crippen LogP contribution in [0.15, 0.2) is 29.1 Å². The minimum atomic E-state index is 0.0271. The number of hydrogen-bond acceptors (Lipinski definition) is 5. The first-order valence-electron chi connectivity index (χ1n) is 3.23. The van der Waals surface area contributed by atoms with Crippen LogP contribution in [-0.2, 0) is 0 Å². The molecule has 0 aromatic rings. The Bertz CT molecular complexity index is 268. The molecular formula is C6H8N4O. The summed E-state index contributed by atoms with van der Waals surface area (Å²) in [6.45, 7) is 0.698. The standard InChI is InChI=1S/C6H8N4O/c7-10-3-5-8-1-2-9(5)4-6(10)11/h1,3-4,11H,2,7H2. The maximum atomic E-state index is 9.14. The van der Waals surface area contributed by atoms with E-state index in [2.05, 4.69) is 4.99 Å². The first-order valence-corrected chi connectivity index (χ1v) is 3.23. The van der Waals surface area contributed by atoms with Crippen molar-refractivity contribution in [3.63, 3.8) is 0 Å². The molecule has 5 heteroatoms. The largest absolute Gasteiger partial charge is 0.493 e. The van der Waals surface area contributed by atoms with Crippen molar-refractivity contribution in [2.45, 2.75) is 0 Å². The van der Waals surface area contributed by atoms with Crippen LogP contribution in [0.2, 0.25) is 0 Å². The van der Waals surface area contributed by atoms with Gasteiger partial charge in [-0.3, -0.25) is 5.01 Å². The number of fused-ring (bicyclic) bond motifs is 1. The van der Waals surface area contributed by atoms with Gasteiger partial charge in [-0.05, 0) is 0 Å². The van der Waals surface area contributed by atoms with Crippen molar-refractivity contribution in [2.75, 3.05) is 6.54 Å². The molecule has 2 rings (SSSR count). The van der Waals surface area contributed by atoms with E-state index < -0.39 is 0 Å². The highest BCUT2D eigenvalue weighted by atomic mass is 16.3. The third kappa shape index (κ3) is 0.857. The van der Waals surface area contributed by atoms with Crippen LogP contribution in [0, 0.1) is 0 Å². The number of aliphatic hydroxyl groups excluding tert-OH is 1. The Morgan fingerprint density at radius 1 is 1.55 bits per heavy atom. The summed E-state index contributed by atoms with van der Waals surface area (Å²) in [5, 5.41) is 10.3. The van der Waals surface area contributed by atoms with Crippen LogP contribution < -0.4 is 5.84 Å². The van der Waals surface area contributed by atoms with Gasteiger partial charge in [-0.2, -0.15) is 0 Å². The predicted molar refractivity (Wildman–Crippen MR) is 40.0 cm³/mol. The van der Waals surface area contributed by atoms with Gasteiger partial charge in [0, 0.05) is 6.21 Å². The van der Waals surface area contributed by atoms with E-state index >= 15 is 0 Å². The van der Waals surface area contributed by atoms with E-state index in [1.807, 2.05) is 0 Å². The lowest BCUT2D eigenvalue weighted by Gasteiger charge is -2.23. The Balaban J connectivity index is 2.31. The zero-order chi connectivity index (χ0) is 7.84. The van der Waals surface area contributed by atoms with Gasteiger partial charge in [0.2, 0.25) is 5.88 Å². The Kier molecular flexibility index (Phi) is 1.13. The van der Waals surface area contributed by atoms with Gasteiger partial charge in [0.05, 0.1) is 18.9 Å². The summed E-state index contributed by atoms with van der Waals surface area (Å²) in [7, 11) is 0. The molecule has 0 amide bonds. The van der Waals surface area contributed by atoms with E-state index in [9.17, 15) is 0 Å². The zero-order valence-electron chi connectivity index (χ0n) is 5.81. The zero-order valence-corrected chi connectivity index (χ0v) is 5.81. The molecule has 0 spiro atoms. The van der Waals surface area contributed by atoms with Gasteiger partial charge in [-0.25, -0.2) is 10.8 Å². The Morgan fingerprint density at radius 3 is 3.18 bits per heavy atom. The monoisotopic (exact) mass is 152 g/mol. The molecule has 2 heterocycles. The fourth-order valence-electron chi connectivity index (χ4n) is 1.01. The van der Waals surface area contributed by atoms with Gasteiger partial charge in [0.1, 0.15) is 0 Å². The molecule has 2 aliphatic heterocycles. The smallest absolute Gasteiger partial charge is 0.222 e. The highest BCUT2D eigenvalue weighted by molar-refractivity contribution is 5.65. The van der Waals surface area contributed by atoms with Crippen molar-refractivity contribution in [1.82, 2.24) is 9.91 Å². The van der Waals surface area contributed by atoms with Crippen LogP contribution in [0.5, 0.6) is 0 Å². The molecule has 3 N–H and O–H groups in total. The van der Waals surface area contributed by atoms with Crippen LogP contribution in [-0.4, -0.2) is 27.8 Å². The molecular weight excluding hydrogens is 144 g/mol. The maximum absolute atomic E-state index is 9.14. The maximum Gasteiger partial charge on any atom is 0.222 e. The molecule has 2 aliphatic rings. The van der Waals surface area contributed by atoms with Gasteiger partial charge in [-0.1, -0.05) is 0 Å². The first-order chi connectivity index (χ1) is 5.27. The van der Waals surface area contributed by atoms with Crippen LogP contribution in [0.4, 0.5) is 0 Å². The van der Waals surface area contributed by atoms with E-state index in [4.69, 9.17) is 10.9 Å². The minimum Gasteiger partial charge on any atom is -0.493 e. The Morgan fingerprint density at radius 2 is 2.36 bits per heavy atom. The van der Waals surface area contributed by atoms with Crippen LogP contribution in [0.3, 0.4) is 0 Å². The average Bonchev–Trinajstić information content (AvgIpc) is 2.36. The SMILES string of the molecule is NN1C=C2N=CCN2C=C1O. The van der Waals surface area contributed by atoms with E-state index in [1.165, 1.54) is 0 Å². The second kappa shape index (κ2) is 2.00. The van der Waals surface area contributed by atoms with Crippen LogP contribution in [0.25, 0.3) is 0 Å². The predicted octanol–water partition coefficient (Wildman–Crippen LogP) is -0.282. The summed E-state index contributed by atoms with van der Waals surface area (Å²) in [5.41, 5.74) is 0. The van der Waals surface area contributed by atoms with E-state index in [1.54, 1.807) is 23.5 Å².